The van der Waals surface area contributed by atoms with Gasteiger partial charge in [0.2, 0.25) is 11.8 Å². The second kappa shape index (κ2) is 10.3. The van der Waals surface area contributed by atoms with E-state index in [9.17, 15) is 9.59 Å². The Bertz CT molecular complexity index is 1080. The first-order valence-corrected chi connectivity index (χ1v) is 11.2. The van der Waals surface area contributed by atoms with Gasteiger partial charge in [-0.25, -0.2) is 0 Å². The standard InChI is InChI=1S/C27H29N3O3/c1-29-17-18-30(26(31)12-7-20-5-10-24(33-2)11-6-20)25(27(29)32)19-21-3-8-22(9-4-21)23-13-15-28-16-14-23/h3-6,8-11,13-16,25H,7,12,17-19H2,1-2H3/t25-/m1/s1. The third-order valence-corrected chi connectivity index (χ3v) is 6.22. The molecular formula is C27H29N3O3. The molecule has 6 nitrogen and oxygen atoms in total. The number of carbonyl (C=O) groups excluding carboxylic acids is 2. The van der Waals surface area contributed by atoms with Gasteiger partial charge < -0.3 is 14.5 Å². The number of benzene rings is 2. The number of ether oxygens (including phenoxy) is 1. The van der Waals surface area contributed by atoms with E-state index in [2.05, 4.69) is 17.1 Å². The Labute approximate surface area is 194 Å². The van der Waals surface area contributed by atoms with Crippen molar-refractivity contribution in [2.24, 2.45) is 0 Å². The average molecular weight is 444 g/mol. The van der Waals surface area contributed by atoms with Gasteiger partial charge in [-0.2, -0.15) is 0 Å². The van der Waals surface area contributed by atoms with Crippen LogP contribution in [0.5, 0.6) is 5.75 Å². The smallest absolute Gasteiger partial charge is 0.245 e. The van der Waals surface area contributed by atoms with Crippen molar-refractivity contribution in [2.45, 2.75) is 25.3 Å². The van der Waals surface area contributed by atoms with E-state index in [0.29, 0.717) is 32.4 Å². The molecule has 4 rings (SSSR count). The number of hydrogen-bond acceptors (Lipinski definition) is 4. The van der Waals surface area contributed by atoms with E-state index in [1.54, 1.807) is 36.4 Å². The molecule has 1 aliphatic rings. The summed E-state index contributed by atoms with van der Waals surface area (Å²) >= 11 is 0. The number of likely N-dealkylation sites (N-methyl/N-ethyl adjacent to an activating group) is 1. The van der Waals surface area contributed by atoms with Gasteiger partial charge in [0.15, 0.2) is 0 Å². The first-order valence-electron chi connectivity index (χ1n) is 11.2. The largest absolute Gasteiger partial charge is 0.497 e. The van der Waals surface area contributed by atoms with Gasteiger partial charge in [0, 0.05) is 45.4 Å². The van der Waals surface area contributed by atoms with Gasteiger partial charge in [-0.1, -0.05) is 36.4 Å². The number of nitrogens with zero attached hydrogens (tertiary/aromatic N) is 3. The van der Waals surface area contributed by atoms with Gasteiger partial charge in [-0.3, -0.25) is 14.6 Å². The second-order valence-electron chi connectivity index (χ2n) is 8.35. The highest BCUT2D eigenvalue weighted by molar-refractivity contribution is 5.89. The molecule has 0 aliphatic carbocycles. The van der Waals surface area contributed by atoms with Crippen molar-refractivity contribution in [1.29, 1.82) is 0 Å². The number of rotatable bonds is 7. The molecule has 33 heavy (non-hydrogen) atoms. The van der Waals surface area contributed by atoms with Crippen LogP contribution in [0.1, 0.15) is 17.5 Å². The Kier molecular flexibility index (Phi) is 7.03. The lowest BCUT2D eigenvalue weighted by atomic mass is 9.98. The van der Waals surface area contributed by atoms with E-state index >= 15 is 0 Å². The summed E-state index contributed by atoms with van der Waals surface area (Å²) in [6, 6.07) is 19.4. The van der Waals surface area contributed by atoms with Crippen LogP contribution >= 0.6 is 0 Å². The van der Waals surface area contributed by atoms with Gasteiger partial charge in [-0.05, 0) is 52.9 Å². The Balaban J connectivity index is 1.44. The molecule has 2 amide bonds. The van der Waals surface area contributed by atoms with Crippen LogP contribution in [-0.2, 0) is 22.4 Å². The molecule has 1 aliphatic heterocycles. The minimum Gasteiger partial charge on any atom is -0.497 e. The first-order chi connectivity index (χ1) is 16.0. The number of piperazine rings is 1. The fourth-order valence-corrected chi connectivity index (χ4v) is 4.20. The number of aryl methyl sites for hydroxylation is 1. The summed E-state index contributed by atoms with van der Waals surface area (Å²) in [7, 11) is 3.44. The molecule has 1 aromatic heterocycles. The molecule has 1 fully saturated rings. The van der Waals surface area contributed by atoms with Crippen LogP contribution in [-0.4, -0.2) is 59.9 Å². The Morgan fingerprint density at radius 1 is 0.939 bits per heavy atom. The summed E-state index contributed by atoms with van der Waals surface area (Å²) in [6.45, 7) is 1.12. The summed E-state index contributed by atoms with van der Waals surface area (Å²) in [5, 5.41) is 0. The van der Waals surface area contributed by atoms with Gasteiger partial charge in [0.25, 0.3) is 0 Å². The fourth-order valence-electron chi connectivity index (χ4n) is 4.20. The average Bonchev–Trinajstić information content (AvgIpc) is 2.87. The number of aromatic nitrogens is 1. The van der Waals surface area contributed by atoms with E-state index in [0.717, 1.165) is 28.0 Å². The lowest BCUT2D eigenvalue weighted by molar-refractivity contribution is -0.150. The molecule has 3 aromatic rings. The molecule has 170 valence electrons. The molecule has 0 bridgehead atoms. The number of hydrogen-bond donors (Lipinski definition) is 0. The molecule has 0 radical (unpaired) electrons. The lowest BCUT2D eigenvalue weighted by Crippen LogP contribution is -2.58. The van der Waals surface area contributed by atoms with Crippen molar-refractivity contribution in [3.8, 4) is 16.9 Å². The first kappa shape index (κ1) is 22.5. The quantitative estimate of drug-likeness (QED) is 0.560. The van der Waals surface area contributed by atoms with Crippen LogP contribution in [0.4, 0.5) is 0 Å². The third kappa shape index (κ3) is 5.40. The summed E-state index contributed by atoms with van der Waals surface area (Å²) < 4.78 is 5.19. The van der Waals surface area contributed by atoms with Crippen LogP contribution in [0.2, 0.25) is 0 Å². The van der Waals surface area contributed by atoms with Crippen LogP contribution in [0.25, 0.3) is 11.1 Å². The van der Waals surface area contributed by atoms with Gasteiger partial charge in [-0.15, -0.1) is 0 Å². The van der Waals surface area contributed by atoms with Gasteiger partial charge in [0.1, 0.15) is 11.8 Å². The highest BCUT2D eigenvalue weighted by Gasteiger charge is 2.35. The molecule has 0 N–H and O–H groups in total. The van der Waals surface area contributed by atoms with Crippen molar-refractivity contribution in [1.82, 2.24) is 14.8 Å². The molecule has 1 saturated heterocycles. The molecular weight excluding hydrogens is 414 g/mol. The zero-order chi connectivity index (χ0) is 23.2. The topological polar surface area (TPSA) is 62.7 Å². The van der Waals surface area contributed by atoms with E-state index in [4.69, 9.17) is 4.74 Å². The third-order valence-electron chi connectivity index (χ3n) is 6.22. The second-order valence-corrected chi connectivity index (χ2v) is 8.35. The maximum atomic E-state index is 13.1. The van der Waals surface area contributed by atoms with Crippen LogP contribution in [0, 0.1) is 0 Å². The SMILES string of the molecule is COc1ccc(CCC(=O)N2CCN(C)C(=O)[C@H]2Cc2ccc(-c3ccncc3)cc2)cc1. The molecule has 0 saturated carbocycles. The van der Waals surface area contributed by atoms with E-state index in [1.165, 1.54) is 0 Å². The minimum atomic E-state index is -0.473. The zero-order valence-corrected chi connectivity index (χ0v) is 19.1. The van der Waals surface area contributed by atoms with Crippen molar-refractivity contribution in [2.75, 3.05) is 27.2 Å². The molecule has 0 spiro atoms. The molecule has 0 unspecified atom stereocenters. The lowest BCUT2D eigenvalue weighted by Gasteiger charge is -2.39. The Morgan fingerprint density at radius 2 is 1.58 bits per heavy atom. The molecule has 2 aromatic carbocycles. The number of carbonyl (C=O) groups is 2. The van der Waals surface area contributed by atoms with E-state index in [1.807, 2.05) is 48.5 Å². The van der Waals surface area contributed by atoms with Gasteiger partial charge >= 0.3 is 0 Å². The zero-order valence-electron chi connectivity index (χ0n) is 19.1. The minimum absolute atomic E-state index is 0.00254. The van der Waals surface area contributed by atoms with Crippen LogP contribution < -0.4 is 4.74 Å². The number of amides is 2. The maximum absolute atomic E-state index is 13.1. The van der Waals surface area contributed by atoms with Crippen molar-refractivity contribution in [3.63, 3.8) is 0 Å². The highest BCUT2D eigenvalue weighted by Crippen LogP contribution is 2.22. The fraction of sp³-hybridized carbons (Fsp3) is 0.296. The molecule has 1 atom stereocenters. The van der Waals surface area contributed by atoms with Crippen LogP contribution in [0.3, 0.4) is 0 Å². The normalized spacial score (nSPS) is 16.1. The Morgan fingerprint density at radius 3 is 2.24 bits per heavy atom. The number of pyridine rings is 1. The van der Waals surface area contributed by atoms with Crippen molar-refractivity contribution < 1.29 is 14.3 Å². The molecule has 2 heterocycles. The summed E-state index contributed by atoms with van der Waals surface area (Å²) in [5.74, 6) is 0.813. The maximum Gasteiger partial charge on any atom is 0.245 e. The van der Waals surface area contributed by atoms with Gasteiger partial charge in [0.05, 0.1) is 7.11 Å². The monoisotopic (exact) mass is 443 g/mol. The van der Waals surface area contributed by atoms with Crippen molar-refractivity contribution >= 4 is 11.8 Å². The van der Waals surface area contributed by atoms with Crippen molar-refractivity contribution in [3.05, 3.63) is 84.2 Å². The molecule has 6 heteroatoms. The predicted octanol–water partition coefficient (Wildman–Crippen LogP) is 3.60. The van der Waals surface area contributed by atoms with E-state index < -0.39 is 6.04 Å². The van der Waals surface area contributed by atoms with Crippen LogP contribution in [0.15, 0.2) is 73.1 Å². The van der Waals surface area contributed by atoms with E-state index in [-0.39, 0.29) is 11.8 Å². The summed E-state index contributed by atoms with van der Waals surface area (Å²) in [4.78, 5) is 33.7. The summed E-state index contributed by atoms with van der Waals surface area (Å²) in [5.41, 5.74) is 4.31. The Hall–Kier alpha value is -3.67. The number of methoxy groups -OCH3 is 1. The highest BCUT2D eigenvalue weighted by atomic mass is 16.5. The predicted molar refractivity (Wildman–Crippen MR) is 128 cm³/mol. The summed E-state index contributed by atoms with van der Waals surface area (Å²) in [6.07, 6.45) is 5.07.